The van der Waals surface area contributed by atoms with Crippen LogP contribution in [0.1, 0.15) is 24.3 Å². The second-order valence-electron chi connectivity index (χ2n) is 4.59. The fourth-order valence-corrected chi connectivity index (χ4v) is 1.83. The van der Waals surface area contributed by atoms with Crippen LogP contribution < -0.4 is 5.32 Å². The number of hydrogen-bond acceptors (Lipinski definition) is 4. The predicted molar refractivity (Wildman–Crippen MR) is 77.0 cm³/mol. The standard InChI is InChI=1S/C16H15FN2O3/c1-11(20)22-15(14-4-2-3-9-18-14)16(21)19-10-12-5-7-13(17)8-6-12/h2-9,15H,10H2,1H3,(H,19,21)/t15-/m0/s1. The van der Waals surface area contributed by atoms with Crippen LogP contribution in [0.15, 0.2) is 48.7 Å². The van der Waals surface area contributed by atoms with E-state index in [1.165, 1.54) is 25.3 Å². The quantitative estimate of drug-likeness (QED) is 0.859. The fourth-order valence-electron chi connectivity index (χ4n) is 1.83. The molecule has 0 aliphatic heterocycles. The molecule has 0 radical (unpaired) electrons. The molecule has 1 aromatic carbocycles. The SMILES string of the molecule is CC(=O)O[C@H](C(=O)NCc1ccc(F)cc1)c1ccccn1. The van der Waals surface area contributed by atoms with Crippen LogP contribution in [0.2, 0.25) is 0 Å². The van der Waals surface area contributed by atoms with Gasteiger partial charge in [0.05, 0.1) is 5.69 Å². The number of carbonyl (C=O) groups is 2. The van der Waals surface area contributed by atoms with Crippen molar-refractivity contribution in [1.29, 1.82) is 0 Å². The van der Waals surface area contributed by atoms with Crippen LogP contribution in [-0.2, 0) is 20.9 Å². The molecule has 0 aliphatic rings. The van der Waals surface area contributed by atoms with Gasteiger partial charge in [0.15, 0.2) is 0 Å². The zero-order valence-corrected chi connectivity index (χ0v) is 12.0. The number of rotatable bonds is 5. The number of aromatic nitrogens is 1. The van der Waals surface area contributed by atoms with Gasteiger partial charge in [-0.2, -0.15) is 0 Å². The Morgan fingerprint density at radius 2 is 1.95 bits per heavy atom. The summed E-state index contributed by atoms with van der Waals surface area (Å²) < 4.78 is 17.9. The molecule has 114 valence electrons. The second kappa shape index (κ2) is 7.31. The highest BCUT2D eigenvalue weighted by atomic mass is 19.1. The van der Waals surface area contributed by atoms with Crippen molar-refractivity contribution in [3.05, 3.63) is 65.7 Å². The number of amides is 1. The molecular formula is C16H15FN2O3. The first kappa shape index (κ1) is 15.6. The summed E-state index contributed by atoms with van der Waals surface area (Å²) in [6.07, 6.45) is 0.401. The lowest BCUT2D eigenvalue weighted by atomic mass is 10.2. The summed E-state index contributed by atoms with van der Waals surface area (Å²) in [5.41, 5.74) is 1.08. The van der Waals surface area contributed by atoms with E-state index < -0.39 is 18.0 Å². The van der Waals surface area contributed by atoms with Crippen LogP contribution in [-0.4, -0.2) is 16.9 Å². The summed E-state index contributed by atoms with van der Waals surface area (Å²) >= 11 is 0. The maximum absolute atomic E-state index is 12.8. The predicted octanol–water partition coefficient (Wildman–Crippen LogP) is 2.14. The van der Waals surface area contributed by atoms with Gasteiger partial charge in [0, 0.05) is 19.7 Å². The minimum atomic E-state index is -1.11. The molecule has 0 fully saturated rings. The first-order valence-electron chi connectivity index (χ1n) is 6.66. The number of esters is 1. The van der Waals surface area contributed by atoms with E-state index in [9.17, 15) is 14.0 Å². The summed E-state index contributed by atoms with van der Waals surface area (Å²) in [5.74, 6) is -1.41. The zero-order chi connectivity index (χ0) is 15.9. The largest absolute Gasteiger partial charge is 0.446 e. The Morgan fingerprint density at radius 1 is 1.23 bits per heavy atom. The van der Waals surface area contributed by atoms with E-state index in [4.69, 9.17) is 4.74 Å². The highest BCUT2D eigenvalue weighted by Gasteiger charge is 2.24. The maximum Gasteiger partial charge on any atom is 0.303 e. The van der Waals surface area contributed by atoms with Crippen molar-refractivity contribution in [2.24, 2.45) is 0 Å². The highest BCUT2D eigenvalue weighted by Crippen LogP contribution is 2.15. The molecule has 2 rings (SSSR count). The highest BCUT2D eigenvalue weighted by molar-refractivity contribution is 5.84. The van der Waals surface area contributed by atoms with E-state index in [-0.39, 0.29) is 12.4 Å². The minimum absolute atomic E-state index is 0.198. The van der Waals surface area contributed by atoms with E-state index in [2.05, 4.69) is 10.3 Å². The van der Waals surface area contributed by atoms with Gasteiger partial charge in [-0.3, -0.25) is 14.6 Å². The third kappa shape index (κ3) is 4.37. The Hall–Kier alpha value is -2.76. The number of hydrogen-bond donors (Lipinski definition) is 1. The lowest BCUT2D eigenvalue weighted by Crippen LogP contribution is -2.31. The normalized spacial score (nSPS) is 11.5. The van der Waals surface area contributed by atoms with Crippen molar-refractivity contribution < 1.29 is 18.7 Å². The molecule has 1 amide bonds. The Morgan fingerprint density at radius 3 is 2.55 bits per heavy atom. The Bertz CT molecular complexity index is 644. The molecule has 1 aromatic heterocycles. The van der Waals surface area contributed by atoms with Crippen molar-refractivity contribution in [3.63, 3.8) is 0 Å². The molecule has 0 saturated carbocycles. The molecule has 0 aliphatic carbocycles. The molecule has 1 atom stereocenters. The molecule has 1 N–H and O–H groups in total. The minimum Gasteiger partial charge on any atom is -0.446 e. The summed E-state index contributed by atoms with van der Waals surface area (Å²) in [7, 11) is 0. The summed E-state index contributed by atoms with van der Waals surface area (Å²) in [6.45, 7) is 1.42. The van der Waals surface area contributed by atoms with E-state index in [1.807, 2.05) is 0 Å². The molecule has 5 nitrogen and oxygen atoms in total. The average Bonchev–Trinajstić information content (AvgIpc) is 2.52. The molecule has 6 heteroatoms. The van der Waals surface area contributed by atoms with Gasteiger partial charge in [-0.25, -0.2) is 4.39 Å². The zero-order valence-electron chi connectivity index (χ0n) is 12.0. The summed E-state index contributed by atoms with van der Waals surface area (Å²) in [4.78, 5) is 27.4. The van der Waals surface area contributed by atoms with Crippen molar-refractivity contribution >= 4 is 11.9 Å². The van der Waals surface area contributed by atoms with Crippen LogP contribution in [0.3, 0.4) is 0 Å². The number of halogens is 1. The number of benzene rings is 1. The molecule has 22 heavy (non-hydrogen) atoms. The molecule has 2 aromatic rings. The number of nitrogens with zero attached hydrogens (tertiary/aromatic N) is 1. The molecular weight excluding hydrogens is 287 g/mol. The number of nitrogens with one attached hydrogen (secondary N) is 1. The van der Waals surface area contributed by atoms with E-state index in [1.54, 1.807) is 30.3 Å². The van der Waals surface area contributed by atoms with Crippen LogP contribution in [0.4, 0.5) is 4.39 Å². The number of pyridine rings is 1. The van der Waals surface area contributed by atoms with E-state index >= 15 is 0 Å². The van der Waals surface area contributed by atoms with Gasteiger partial charge in [0.25, 0.3) is 5.91 Å². The lowest BCUT2D eigenvalue weighted by Gasteiger charge is -2.16. The van der Waals surface area contributed by atoms with Gasteiger partial charge >= 0.3 is 5.97 Å². The van der Waals surface area contributed by atoms with Crippen LogP contribution >= 0.6 is 0 Å². The van der Waals surface area contributed by atoms with Gasteiger partial charge in [-0.1, -0.05) is 18.2 Å². The number of carbonyl (C=O) groups excluding carboxylic acids is 2. The van der Waals surface area contributed by atoms with Gasteiger partial charge in [-0.15, -0.1) is 0 Å². The lowest BCUT2D eigenvalue weighted by molar-refractivity contribution is -0.154. The monoisotopic (exact) mass is 302 g/mol. The average molecular weight is 302 g/mol. The van der Waals surface area contributed by atoms with E-state index in [0.717, 1.165) is 5.56 Å². The fraction of sp³-hybridized carbons (Fsp3) is 0.188. The van der Waals surface area contributed by atoms with Crippen LogP contribution in [0.25, 0.3) is 0 Å². The molecule has 0 unspecified atom stereocenters. The van der Waals surface area contributed by atoms with Gasteiger partial charge in [0.2, 0.25) is 6.10 Å². The number of ether oxygens (including phenoxy) is 1. The summed E-state index contributed by atoms with van der Waals surface area (Å²) in [6, 6.07) is 10.8. The first-order chi connectivity index (χ1) is 10.6. The molecule has 0 saturated heterocycles. The Kier molecular flexibility index (Phi) is 5.19. The van der Waals surface area contributed by atoms with Gasteiger partial charge in [-0.05, 0) is 29.8 Å². The molecule has 1 heterocycles. The molecule has 0 spiro atoms. The molecule has 0 bridgehead atoms. The smallest absolute Gasteiger partial charge is 0.303 e. The third-order valence-electron chi connectivity index (χ3n) is 2.86. The van der Waals surface area contributed by atoms with Crippen molar-refractivity contribution in [2.75, 3.05) is 0 Å². The third-order valence-corrected chi connectivity index (χ3v) is 2.86. The maximum atomic E-state index is 12.8. The van der Waals surface area contributed by atoms with Crippen molar-refractivity contribution in [2.45, 2.75) is 19.6 Å². The Balaban J connectivity index is 2.05. The topological polar surface area (TPSA) is 68.3 Å². The Labute approximate surface area is 127 Å². The van der Waals surface area contributed by atoms with Crippen molar-refractivity contribution in [1.82, 2.24) is 10.3 Å². The summed E-state index contributed by atoms with van der Waals surface area (Å²) in [5, 5.41) is 2.64. The van der Waals surface area contributed by atoms with Crippen molar-refractivity contribution in [3.8, 4) is 0 Å². The van der Waals surface area contributed by atoms with Gasteiger partial charge < -0.3 is 10.1 Å². The van der Waals surface area contributed by atoms with E-state index in [0.29, 0.717) is 5.69 Å². The van der Waals surface area contributed by atoms with Crippen LogP contribution in [0, 0.1) is 5.82 Å². The second-order valence-corrected chi connectivity index (χ2v) is 4.59. The van der Waals surface area contributed by atoms with Crippen LogP contribution in [0.5, 0.6) is 0 Å². The van der Waals surface area contributed by atoms with Gasteiger partial charge in [0.1, 0.15) is 5.82 Å². The first-order valence-corrected chi connectivity index (χ1v) is 6.66.